The molecular formula is C18H18O7. The van der Waals surface area contributed by atoms with Crippen molar-refractivity contribution in [3.63, 3.8) is 0 Å². The number of ether oxygens (including phenoxy) is 3. The van der Waals surface area contributed by atoms with Crippen molar-refractivity contribution in [1.82, 2.24) is 0 Å². The molecule has 0 saturated carbocycles. The molecule has 7 heteroatoms. The summed E-state index contributed by atoms with van der Waals surface area (Å²) in [6.45, 7) is 1.99. The number of aromatic hydroxyl groups is 3. The second kappa shape index (κ2) is 6.52. The van der Waals surface area contributed by atoms with E-state index in [4.69, 9.17) is 14.2 Å². The molecule has 0 radical (unpaired) electrons. The molecular weight excluding hydrogens is 328 g/mol. The van der Waals surface area contributed by atoms with Crippen molar-refractivity contribution in [3.05, 3.63) is 41.5 Å². The number of Topliss-reactive ketones (excluding diaryl/α,β-unsaturated/α-hetero) is 1. The lowest BCUT2D eigenvalue weighted by atomic mass is 9.92. The molecule has 0 aliphatic carbocycles. The standard InChI is InChI=1S/C18H18O7/c1-3-24-18-16(22)15-12(21)7-10(19)8-14(15)25-17(18)9-4-5-13(23-2)11(20)6-9/h4-8,17-21H,3H2,1-2H3. The van der Waals surface area contributed by atoms with Crippen molar-refractivity contribution in [1.29, 1.82) is 0 Å². The van der Waals surface area contributed by atoms with E-state index in [0.717, 1.165) is 6.07 Å². The largest absolute Gasteiger partial charge is 0.508 e. The van der Waals surface area contributed by atoms with Crippen molar-refractivity contribution in [2.75, 3.05) is 13.7 Å². The molecule has 0 fully saturated rings. The van der Waals surface area contributed by atoms with Gasteiger partial charge < -0.3 is 29.5 Å². The van der Waals surface area contributed by atoms with E-state index in [1.807, 2.05) is 0 Å². The number of methoxy groups -OCH3 is 1. The Morgan fingerprint density at radius 2 is 1.88 bits per heavy atom. The Morgan fingerprint density at radius 1 is 1.12 bits per heavy atom. The van der Waals surface area contributed by atoms with Crippen LogP contribution < -0.4 is 9.47 Å². The van der Waals surface area contributed by atoms with Crippen molar-refractivity contribution in [2.45, 2.75) is 19.1 Å². The lowest BCUT2D eigenvalue weighted by molar-refractivity contribution is -0.0179. The maximum atomic E-state index is 12.8. The second-order valence-corrected chi connectivity index (χ2v) is 5.55. The molecule has 2 aromatic rings. The molecule has 132 valence electrons. The van der Waals surface area contributed by atoms with E-state index in [1.165, 1.54) is 19.2 Å². The summed E-state index contributed by atoms with van der Waals surface area (Å²) < 4.78 is 16.4. The van der Waals surface area contributed by atoms with Crippen LogP contribution in [-0.4, -0.2) is 40.9 Å². The number of ketones is 1. The second-order valence-electron chi connectivity index (χ2n) is 5.55. The Hall–Kier alpha value is -2.93. The summed E-state index contributed by atoms with van der Waals surface area (Å²) in [4.78, 5) is 12.8. The van der Waals surface area contributed by atoms with Gasteiger partial charge in [-0.3, -0.25) is 4.79 Å². The van der Waals surface area contributed by atoms with Crippen LogP contribution in [0.1, 0.15) is 28.9 Å². The maximum Gasteiger partial charge on any atom is 0.203 e. The summed E-state index contributed by atoms with van der Waals surface area (Å²) >= 11 is 0. The highest BCUT2D eigenvalue weighted by molar-refractivity contribution is 6.05. The Morgan fingerprint density at radius 3 is 2.52 bits per heavy atom. The van der Waals surface area contributed by atoms with Gasteiger partial charge in [-0.25, -0.2) is 0 Å². The van der Waals surface area contributed by atoms with Crippen molar-refractivity contribution >= 4 is 5.78 Å². The van der Waals surface area contributed by atoms with Crippen LogP contribution in [0.3, 0.4) is 0 Å². The first-order chi connectivity index (χ1) is 12.0. The summed E-state index contributed by atoms with van der Waals surface area (Å²) in [5.41, 5.74) is 0.462. The third-order valence-corrected chi connectivity index (χ3v) is 3.98. The van der Waals surface area contributed by atoms with Gasteiger partial charge in [-0.2, -0.15) is 0 Å². The molecule has 3 N–H and O–H groups in total. The Labute approximate surface area is 144 Å². The molecule has 0 bridgehead atoms. The van der Waals surface area contributed by atoms with Gasteiger partial charge in [-0.15, -0.1) is 0 Å². The number of fused-ring (bicyclic) bond motifs is 1. The molecule has 2 unspecified atom stereocenters. The number of phenols is 3. The third-order valence-electron chi connectivity index (χ3n) is 3.98. The van der Waals surface area contributed by atoms with Crippen LogP contribution in [0, 0.1) is 0 Å². The number of carbonyl (C=O) groups is 1. The predicted octanol–water partition coefficient (Wildman–Crippen LogP) is 2.53. The van der Waals surface area contributed by atoms with Gasteiger partial charge in [0.15, 0.2) is 23.7 Å². The highest BCUT2D eigenvalue weighted by Gasteiger charge is 2.41. The van der Waals surface area contributed by atoms with Gasteiger partial charge in [0, 0.05) is 18.7 Å². The summed E-state index contributed by atoms with van der Waals surface area (Å²) in [7, 11) is 1.43. The summed E-state index contributed by atoms with van der Waals surface area (Å²) in [5, 5.41) is 29.6. The molecule has 0 amide bonds. The predicted molar refractivity (Wildman–Crippen MR) is 87.5 cm³/mol. The van der Waals surface area contributed by atoms with Crippen LogP contribution in [-0.2, 0) is 4.74 Å². The van der Waals surface area contributed by atoms with Gasteiger partial charge in [0.05, 0.1) is 7.11 Å². The molecule has 1 heterocycles. The third kappa shape index (κ3) is 2.94. The van der Waals surface area contributed by atoms with Crippen LogP contribution in [0.25, 0.3) is 0 Å². The van der Waals surface area contributed by atoms with E-state index in [9.17, 15) is 20.1 Å². The highest BCUT2D eigenvalue weighted by atomic mass is 16.5. The number of phenolic OH excluding ortho intramolecular Hbond substituents is 3. The van der Waals surface area contributed by atoms with E-state index in [-0.39, 0.29) is 40.9 Å². The van der Waals surface area contributed by atoms with Gasteiger partial charge in [-0.05, 0) is 24.6 Å². The minimum Gasteiger partial charge on any atom is -0.508 e. The molecule has 0 aromatic heterocycles. The Kier molecular flexibility index (Phi) is 4.41. The smallest absolute Gasteiger partial charge is 0.203 e. The highest BCUT2D eigenvalue weighted by Crippen LogP contribution is 2.43. The normalized spacial score (nSPS) is 19.2. The monoisotopic (exact) mass is 346 g/mol. The molecule has 1 aliphatic heterocycles. The number of rotatable bonds is 4. The minimum absolute atomic E-state index is 0.0368. The number of hydrogen-bond acceptors (Lipinski definition) is 7. The fourth-order valence-electron chi connectivity index (χ4n) is 2.88. The zero-order valence-corrected chi connectivity index (χ0v) is 13.7. The van der Waals surface area contributed by atoms with E-state index < -0.39 is 18.0 Å². The Balaban J connectivity index is 2.08. The lowest BCUT2D eigenvalue weighted by Gasteiger charge is -2.33. The molecule has 3 rings (SSSR count). The van der Waals surface area contributed by atoms with Gasteiger partial charge in [-0.1, -0.05) is 6.07 Å². The van der Waals surface area contributed by atoms with Crippen LogP contribution in [0.5, 0.6) is 28.7 Å². The van der Waals surface area contributed by atoms with E-state index >= 15 is 0 Å². The van der Waals surface area contributed by atoms with Gasteiger partial charge in [0.1, 0.15) is 22.8 Å². The number of benzene rings is 2. The molecule has 0 spiro atoms. The average Bonchev–Trinajstić information content (AvgIpc) is 2.56. The zero-order chi connectivity index (χ0) is 18.1. The van der Waals surface area contributed by atoms with Crippen molar-refractivity contribution in [2.24, 2.45) is 0 Å². The van der Waals surface area contributed by atoms with Crippen LogP contribution in [0.15, 0.2) is 30.3 Å². The topological polar surface area (TPSA) is 105 Å². The molecule has 2 atom stereocenters. The summed E-state index contributed by atoms with van der Waals surface area (Å²) in [5.74, 6) is -0.818. The van der Waals surface area contributed by atoms with Gasteiger partial charge >= 0.3 is 0 Å². The quantitative estimate of drug-likeness (QED) is 0.781. The van der Waals surface area contributed by atoms with E-state index in [2.05, 4.69) is 0 Å². The van der Waals surface area contributed by atoms with E-state index in [0.29, 0.717) is 5.56 Å². The zero-order valence-electron chi connectivity index (χ0n) is 13.7. The first-order valence-electron chi connectivity index (χ1n) is 7.71. The van der Waals surface area contributed by atoms with Crippen LogP contribution in [0.4, 0.5) is 0 Å². The average molecular weight is 346 g/mol. The Bertz CT molecular complexity index is 815. The lowest BCUT2D eigenvalue weighted by Crippen LogP contribution is -2.38. The van der Waals surface area contributed by atoms with Crippen molar-refractivity contribution in [3.8, 4) is 28.7 Å². The maximum absolute atomic E-state index is 12.8. The summed E-state index contributed by atoms with van der Waals surface area (Å²) in [6, 6.07) is 6.96. The van der Waals surface area contributed by atoms with Gasteiger partial charge in [0.25, 0.3) is 0 Å². The van der Waals surface area contributed by atoms with Crippen molar-refractivity contribution < 1.29 is 34.3 Å². The fraction of sp³-hybridized carbons (Fsp3) is 0.278. The minimum atomic E-state index is -0.999. The molecule has 0 saturated heterocycles. The van der Waals surface area contributed by atoms with Gasteiger partial charge in [0.2, 0.25) is 5.78 Å². The number of carbonyl (C=O) groups excluding carboxylic acids is 1. The first-order valence-corrected chi connectivity index (χ1v) is 7.71. The molecule has 25 heavy (non-hydrogen) atoms. The number of hydrogen-bond donors (Lipinski definition) is 3. The molecule has 1 aliphatic rings. The van der Waals surface area contributed by atoms with Crippen LogP contribution >= 0.6 is 0 Å². The molecule has 7 nitrogen and oxygen atoms in total. The fourth-order valence-corrected chi connectivity index (χ4v) is 2.88. The van der Waals surface area contributed by atoms with E-state index in [1.54, 1.807) is 19.1 Å². The molecule has 2 aromatic carbocycles. The SMILES string of the molecule is CCOC1C(=O)c2c(O)cc(O)cc2OC1c1ccc(OC)c(O)c1. The first kappa shape index (κ1) is 16.9. The van der Waals surface area contributed by atoms with Crippen LogP contribution in [0.2, 0.25) is 0 Å². The summed E-state index contributed by atoms with van der Waals surface area (Å²) in [6.07, 6.45) is -1.85.